The average molecular weight is 330 g/mol. The molecule has 24 heavy (non-hydrogen) atoms. The number of hydrogen-bond donors (Lipinski definition) is 2. The van der Waals surface area contributed by atoms with Gasteiger partial charge in [0.05, 0.1) is 12.6 Å². The Kier molecular flexibility index (Phi) is 4.57. The number of rotatable bonds is 4. The van der Waals surface area contributed by atoms with E-state index in [-0.39, 0.29) is 18.2 Å². The molecule has 0 aliphatic carbocycles. The Morgan fingerprint density at radius 3 is 2.96 bits per heavy atom. The standard InChI is InChI=1S/C16H18N4O4/c1-10-4-5-13(17-7-10)19-14(21)12-8-18-16(23)20(15(12)22)9-11-3-2-6-24-11/h4-5,7-8,11H,2-3,6,9H2,1H3,(H,18,23)(H,17,19,21). The molecule has 1 amide bonds. The number of nitrogens with zero attached hydrogens (tertiary/aromatic N) is 2. The van der Waals surface area contributed by atoms with Crippen molar-refractivity contribution in [1.29, 1.82) is 0 Å². The van der Waals surface area contributed by atoms with Gasteiger partial charge in [-0.1, -0.05) is 6.07 Å². The van der Waals surface area contributed by atoms with Gasteiger partial charge in [-0.25, -0.2) is 9.78 Å². The van der Waals surface area contributed by atoms with Gasteiger partial charge in [-0.15, -0.1) is 0 Å². The van der Waals surface area contributed by atoms with E-state index >= 15 is 0 Å². The first kappa shape index (κ1) is 16.1. The Morgan fingerprint density at radius 2 is 2.29 bits per heavy atom. The number of aryl methyl sites for hydroxylation is 1. The van der Waals surface area contributed by atoms with Gasteiger partial charge in [0.25, 0.3) is 11.5 Å². The minimum absolute atomic E-state index is 0.137. The predicted octanol–water partition coefficient (Wildman–Crippen LogP) is 0.671. The van der Waals surface area contributed by atoms with Crippen molar-refractivity contribution < 1.29 is 9.53 Å². The third-order valence-corrected chi connectivity index (χ3v) is 3.87. The van der Waals surface area contributed by atoms with Crippen LogP contribution in [0, 0.1) is 6.92 Å². The molecule has 0 aromatic carbocycles. The van der Waals surface area contributed by atoms with Gasteiger partial charge in [0, 0.05) is 19.0 Å². The van der Waals surface area contributed by atoms with Crippen LogP contribution >= 0.6 is 0 Å². The second-order valence-corrected chi connectivity index (χ2v) is 5.73. The van der Waals surface area contributed by atoms with E-state index in [0.717, 1.165) is 29.2 Å². The molecular formula is C16H18N4O4. The van der Waals surface area contributed by atoms with Crippen molar-refractivity contribution in [1.82, 2.24) is 14.5 Å². The first-order valence-electron chi connectivity index (χ1n) is 7.73. The SMILES string of the molecule is Cc1ccc(NC(=O)c2c[nH]c(=O)n(CC3CCCO3)c2=O)nc1. The van der Waals surface area contributed by atoms with E-state index in [1.807, 2.05) is 6.92 Å². The lowest BCUT2D eigenvalue weighted by Gasteiger charge is -2.11. The highest BCUT2D eigenvalue weighted by Crippen LogP contribution is 2.12. The molecule has 1 aliphatic heterocycles. The number of aromatic amines is 1. The Bertz CT molecular complexity index is 848. The summed E-state index contributed by atoms with van der Waals surface area (Å²) in [4.78, 5) is 43.2. The zero-order valence-electron chi connectivity index (χ0n) is 13.2. The highest BCUT2D eigenvalue weighted by atomic mass is 16.5. The van der Waals surface area contributed by atoms with Crippen molar-refractivity contribution in [3.8, 4) is 0 Å². The number of carbonyl (C=O) groups is 1. The van der Waals surface area contributed by atoms with Gasteiger partial charge < -0.3 is 15.0 Å². The van der Waals surface area contributed by atoms with E-state index < -0.39 is 17.2 Å². The topological polar surface area (TPSA) is 106 Å². The van der Waals surface area contributed by atoms with Crippen LogP contribution in [0.3, 0.4) is 0 Å². The molecule has 8 nitrogen and oxygen atoms in total. The van der Waals surface area contributed by atoms with E-state index in [2.05, 4.69) is 15.3 Å². The molecule has 126 valence electrons. The Morgan fingerprint density at radius 1 is 1.46 bits per heavy atom. The molecule has 0 bridgehead atoms. The summed E-state index contributed by atoms with van der Waals surface area (Å²) in [6, 6.07) is 3.44. The van der Waals surface area contributed by atoms with E-state index in [1.54, 1.807) is 18.3 Å². The molecule has 3 rings (SSSR count). The van der Waals surface area contributed by atoms with Gasteiger partial charge in [-0.3, -0.25) is 14.2 Å². The molecule has 0 radical (unpaired) electrons. The third kappa shape index (κ3) is 3.43. The van der Waals surface area contributed by atoms with Crippen LogP contribution in [0.2, 0.25) is 0 Å². The fourth-order valence-electron chi connectivity index (χ4n) is 2.56. The van der Waals surface area contributed by atoms with Crippen LogP contribution < -0.4 is 16.6 Å². The number of ether oxygens (including phenoxy) is 1. The summed E-state index contributed by atoms with van der Waals surface area (Å²) < 4.78 is 6.46. The van der Waals surface area contributed by atoms with Gasteiger partial charge in [0.1, 0.15) is 11.4 Å². The molecule has 1 atom stereocenters. The number of nitrogens with one attached hydrogen (secondary N) is 2. The van der Waals surface area contributed by atoms with Crippen LogP contribution in [0.5, 0.6) is 0 Å². The van der Waals surface area contributed by atoms with Crippen LogP contribution in [-0.4, -0.2) is 33.2 Å². The predicted molar refractivity (Wildman–Crippen MR) is 87.2 cm³/mol. The minimum Gasteiger partial charge on any atom is -0.376 e. The Hall–Kier alpha value is -2.74. The number of hydrogen-bond acceptors (Lipinski definition) is 5. The zero-order valence-corrected chi connectivity index (χ0v) is 13.2. The van der Waals surface area contributed by atoms with Crippen molar-refractivity contribution in [2.24, 2.45) is 0 Å². The number of aromatic nitrogens is 3. The molecule has 1 fully saturated rings. The quantitative estimate of drug-likeness (QED) is 0.857. The first-order chi connectivity index (χ1) is 11.5. The molecular weight excluding hydrogens is 312 g/mol. The summed E-state index contributed by atoms with van der Waals surface area (Å²) in [7, 11) is 0. The highest BCUT2D eigenvalue weighted by Gasteiger charge is 2.20. The summed E-state index contributed by atoms with van der Waals surface area (Å²) in [5, 5.41) is 2.55. The minimum atomic E-state index is -0.640. The molecule has 2 aromatic heterocycles. The molecule has 2 N–H and O–H groups in total. The molecule has 2 aromatic rings. The van der Waals surface area contributed by atoms with E-state index in [9.17, 15) is 14.4 Å². The molecule has 3 heterocycles. The summed E-state index contributed by atoms with van der Waals surface area (Å²) in [5.74, 6) is -0.282. The first-order valence-corrected chi connectivity index (χ1v) is 7.73. The van der Waals surface area contributed by atoms with Gasteiger partial charge in [0.15, 0.2) is 0 Å². The van der Waals surface area contributed by atoms with Crippen LogP contribution in [-0.2, 0) is 11.3 Å². The Balaban J connectivity index is 1.84. The van der Waals surface area contributed by atoms with Crippen LogP contribution in [0.15, 0.2) is 34.1 Å². The summed E-state index contributed by atoms with van der Waals surface area (Å²) >= 11 is 0. The van der Waals surface area contributed by atoms with Gasteiger partial charge in [-0.05, 0) is 31.4 Å². The van der Waals surface area contributed by atoms with Crippen molar-refractivity contribution in [3.05, 3.63) is 56.5 Å². The third-order valence-electron chi connectivity index (χ3n) is 3.87. The van der Waals surface area contributed by atoms with E-state index in [1.165, 1.54) is 0 Å². The van der Waals surface area contributed by atoms with Crippen LogP contribution in [0.4, 0.5) is 5.82 Å². The maximum absolute atomic E-state index is 12.5. The molecule has 1 unspecified atom stereocenters. The number of carbonyl (C=O) groups excluding carboxylic acids is 1. The van der Waals surface area contributed by atoms with Crippen molar-refractivity contribution in [3.63, 3.8) is 0 Å². The van der Waals surface area contributed by atoms with Crippen LogP contribution in [0.25, 0.3) is 0 Å². The maximum Gasteiger partial charge on any atom is 0.328 e. The summed E-state index contributed by atoms with van der Waals surface area (Å²) in [6.45, 7) is 2.64. The lowest BCUT2D eigenvalue weighted by atomic mass is 10.2. The number of anilines is 1. The lowest BCUT2D eigenvalue weighted by Crippen LogP contribution is -2.41. The maximum atomic E-state index is 12.5. The number of pyridine rings is 1. The van der Waals surface area contributed by atoms with Crippen molar-refractivity contribution in [2.45, 2.75) is 32.4 Å². The second-order valence-electron chi connectivity index (χ2n) is 5.73. The van der Waals surface area contributed by atoms with Crippen molar-refractivity contribution >= 4 is 11.7 Å². The molecule has 1 saturated heterocycles. The van der Waals surface area contributed by atoms with Gasteiger partial charge in [0.2, 0.25) is 0 Å². The molecule has 0 spiro atoms. The summed E-state index contributed by atoms with van der Waals surface area (Å²) in [6.07, 6.45) is 4.24. The molecule has 1 aliphatic rings. The monoisotopic (exact) mass is 330 g/mol. The largest absolute Gasteiger partial charge is 0.376 e. The van der Waals surface area contributed by atoms with E-state index in [4.69, 9.17) is 4.74 Å². The fraction of sp³-hybridized carbons (Fsp3) is 0.375. The highest BCUT2D eigenvalue weighted by molar-refractivity contribution is 6.03. The normalized spacial score (nSPS) is 17.0. The zero-order chi connectivity index (χ0) is 17.1. The molecule has 8 heteroatoms. The second kappa shape index (κ2) is 6.79. The lowest BCUT2D eigenvalue weighted by molar-refractivity contribution is 0.0941. The average Bonchev–Trinajstić information content (AvgIpc) is 3.06. The van der Waals surface area contributed by atoms with Gasteiger partial charge in [-0.2, -0.15) is 0 Å². The van der Waals surface area contributed by atoms with Crippen molar-refractivity contribution in [2.75, 3.05) is 11.9 Å². The number of H-pyrrole nitrogens is 1. The number of amides is 1. The summed E-state index contributed by atoms with van der Waals surface area (Å²) in [5.41, 5.74) is -0.384. The fourth-order valence-corrected chi connectivity index (χ4v) is 2.56. The molecule has 0 saturated carbocycles. The smallest absolute Gasteiger partial charge is 0.328 e. The van der Waals surface area contributed by atoms with E-state index in [0.29, 0.717) is 12.4 Å². The van der Waals surface area contributed by atoms with Gasteiger partial charge >= 0.3 is 5.69 Å². The Labute approximate surface area is 137 Å². The van der Waals surface area contributed by atoms with Crippen LogP contribution in [0.1, 0.15) is 28.8 Å².